The van der Waals surface area contributed by atoms with Crippen molar-refractivity contribution in [1.29, 1.82) is 0 Å². The highest BCUT2D eigenvalue weighted by Gasteiger charge is 2.41. The summed E-state index contributed by atoms with van der Waals surface area (Å²) in [7, 11) is 0. The Kier molecular flexibility index (Phi) is 28.7. The van der Waals surface area contributed by atoms with Crippen molar-refractivity contribution in [2.45, 2.75) is 134 Å². The fourth-order valence-electron chi connectivity index (χ4n) is 11.9. The van der Waals surface area contributed by atoms with Crippen molar-refractivity contribution in [1.82, 2.24) is 36.4 Å². The molecule has 7 amide bonds. The van der Waals surface area contributed by atoms with Crippen LogP contribution in [0.4, 0.5) is 0 Å². The number of piperazine rings is 1. The second kappa shape index (κ2) is 36.7. The van der Waals surface area contributed by atoms with Gasteiger partial charge in [-0.3, -0.25) is 62.8 Å². The van der Waals surface area contributed by atoms with Gasteiger partial charge in [-0.05, 0) is 110 Å². The first kappa shape index (κ1) is 72.8. The molecule has 0 unspecified atom stereocenters. The Hall–Kier alpha value is -9.30. The molecule has 2 aliphatic heterocycles. The van der Waals surface area contributed by atoms with Crippen LogP contribution in [0.2, 0.25) is 0 Å². The van der Waals surface area contributed by atoms with E-state index in [1.54, 1.807) is 42.5 Å². The van der Waals surface area contributed by atoms with E-state index in [4.69, 9.17) is 34.4 Å². The largest absolute Gasteiger partial charge is 0.508 e. The fraction of sp³-hybridized carbons (Fsp3) is 0.493. The maximum Gasteiger partial charge on any atom is 0.243 e. The molecule has 0 saturated carbocycles. The van der Waals surface area contributed by atoms with Gasteiger partial charge in [-0.25, -0.2) is 0 Å². The topological polar surface area (TPSA) is 438 Å². The van der Waals surface area contributed by atoms with Crippen molar-refractivity contribution < 1.29 is 53.1 Å². The molecule has 26 heteroatoms. The molecule has 4 aromatic carbocycles. The van der Waals surface area contributed by atoms with Gasteiger partial charge in [0.2, 0.25) is 41.4 Å². The highest BCUT2D eigenvalue weighted by Crippen LogP contribution is 2.27. The molecule has 8 atom stereocenters. The van der Waals surface area contributed by atoms with Crippen LogP contribution >= 0.6 is 0 Å². The second-order valence-electron chi connectivity index (χ2n) is 24.7. The standard InChI is InChI=1S/C67H93N15O11/c1-41(2)31-48(38-58(86)54(35-44-18-21-45-13-6-7-14-46(45)33-44)79-62(90)49(32-43-19-22-50(83)23-20-43)36-51(84)40-81-29-26-74-27-30-81)61(89)78-53(34-42-11-4-3-5-12-42)57(85)37-47(15-8-24-75-66(70)71)65(93)82-28-10-17-56(82)64(92)77-52(16-9-25-76-67(72)73)63(91)80-55(60(69)88)39-59(68)87/h3-7,11-14,18-23,33,41,47-49,52-56,74,83H,8-10,15-17,24-32,34-40H2,1-2H3,(H2,68,87)(H2,69,88)(H,77,92)(H,78,89)(H,79,90)(H,80,91)(H4,70,71,75)(H4,72,73,76)/t47-,48-,49-,52+,53+,54+,55+,56+/m1/s1. The number of phenolic OH excluding ortho intramolecular Hbond substituents is 1. The first-order valence-electron chi connectivity index (χ1n) is 31.9. The van der Waals surface area contributed by atoms with Crippen LogP contribution in [0.15, 0.2) is 107 Å². The van der Waals surface area contributed by atoms with E-state index in [1.165, 1.54) is 17.0 Å². The van der Waals surface area contributed by atoms with Crippen molar-refractivity contribution >= 4 is 81.4 Å². The number of phenols is 1. The summed E-state index contributed by atoms with van der Waals surface area (Å²) in [6, 6.07) is 22.5. The van der Waals surface area contributed by atoms with Crippen LogP contribution in [-0.2, 0) is 67.2 Å². The van der Waals surface area contributed by atoms with Gasteiger partial charge in [0.05, 0.1) is 25.0 Å². The number of carbonyl (C=O) groups excluding carboxylic acids is 10. The van der Waals surface area contributed by atoms with E-state index < -0.39 is 114 Å². The summed E-state index contributed by atoms with van der Waals surface area (Å²) in [6.45, 7) is 7.00. The zero-order valence-electron chi connectivity index (χ0n) is 53.3. The van der Waals surface area contributed by atoms with Gasteiger partial charge in [0.25, 0.3) is 0 Å². The Morgan fingerprint density at radius 2 is 1.13 bits per heavy atom. The molecule has 0 aromatic heterocycles. The third-order valence-corrected chi connectivity index (χ3v) is 16.7. The number of primary amides is 2. The molecule has 0 aliphatic carbocycles. The van der Waals surface area contributed by atoms with E-state index in [-0.39, 0.29) is 126 Å². The molecule has 18 N–H and O–H groups in total. The number of amides is 7. The highest BCUT2D eigenvalue weighted by atomic mass is 16.3. The van der Waals surface area contributed by atoms with Crippen LogP contribution in [-0.4, -0.2) is 168 Å². The van der Waals surface area contributed by atoms with E-state index in [0.29, 0.717) is 30.6 Å². The molecular formula is C67H93N15O11. The van der Waals surface area contributed by atoms with Crippen LogP contribution in [0, 0.1) is 23.7 Å². The predicted octanol–water partition coefficient (Wildman–Crippen LogP) is 0.649. The number of nitrogens with one attached hydrogen (secondary N) is 5. The monoisotopic (exact) mass is 1280 g/mol. The minimum Gasteiger partial charge on any atom is -0.508 e. The summed E-state index contributed by atoms with van der Waals surface area (Å²) < 4.78 is 0. The number of aliphatic imine (C=N–C) groups is 2. The molecule has 0 bridgehead atoms. The molecule has 502 valence electrons. The molecule has 2 heterocycles. The van der Waals surface area contributed by atoms with Gasteiger partial charge in [-0.2, -0.15) is 0 Å². The van der Waals surface area contributed by atoms with Gasteiger partial charge in [0, 0.05) is 82.8 Å². The molecule has 6 rings (SSSR count). The zero-order chi connectivity index (χ0) is 67.6. The average molecular weight is 1280 g/mol. The molecule has 26 nitrogen and oxygen atoms in total. The number of Topliss-reactive ketones (excluding diaryl/α,β-unsaturated/α-hetero) is 3. The maximum absolute atomic E-state index is 15.2. The smallest absolute Gasteiger partial charge is 0.243 e. The van der Waals surface area contributed by atoms with Crippen molar-refractivity contribution in [3.8, 4) is 5.75 Å². The van der Waals surface area contributed by atoms with E-state index in [0.717, 1.165) is 29.4 Å². The van der Waals surface area contributed by atoms with Crippen molar-refractivity contribution in [2.75, 3.05) is 52.4 Å². The van der Waals surface area contributed by atoms with Crippen LogP contribution in [0.5, 0.6) is 5.75 Å². The van der Waals surface area contributed by atoms with Gasteiger partial charge in [0.1, 0.15) is 29.7 Å². The summed E-state index contributed by atoms with van der Waals surface area (Å²) >= 11 is 0. The Labute approximate surface area is 542 Å². The summed E-state index contributed by atoms with van der Waals surface area (Å²) in [5, 5.41) is 26.4. The Bertz CT molecular complexity index is 3280. The highest BCUT2D eigenvalue weighted by molar-refractivity contribution is 5.99. The van der Waals surface area contributed by atoms with Gasteiger partial charge in [0.15, 0.2) is 23.5 Å². The quantitative estimate of drug-likeness (QED) is 0.0166. The number of ketones is 3. The normalized spacial score (nSPS) is 16.3. The van der Waals surface area contributed by atoms with Crippen LogP contribution in [0.3, 0.4) is 0 Å². The summed E-state index contributed by atoms with van der Waals surface area (Å²) in [5.74, 6) is -9.86. The third-order valence-electron chi connectivity index (χ3n) is 16.7. The summed E-state index contributed by atoms with van der Waals surface area (Å²) in [4.78, 5) is 152. The number of rotatable bonds is 38. The molecule has 2 saturated heterocycles. The minimum atomic E-state index is -1.49. The van der Waals surface area contributed by atoms with Gasteiger partial charge >= 0.3 is 0 Å². The molecule has 0 radical (unpaired) electrons. The van der Waals surface area contributed by atoms with Crippen molar-refractivity contribution in [3.63, 3.8) is 0 Å². The maximum atomic E-state index is 15.2. The molecule has 2 aliphatic rings. The number of benzene rings is 4. The van der Waals surface area contributed by atoms with Gasteiger partial charge in [-0.15, -0.1) is 0 Å². The predicted molar refractivity (Wildman–Crippen MR) is 353 cm³/mol. The molecule has 93 heavy (non-hydrogen) atoms. The van der Waals surface area contributed by atoms with Crippen molar-refractivity contribution in [2.24, 2.45) is 68.1 Å². The molecule has 2 fully saturated rings. The number of fused-ring (bicyclic) bond motifs is 1. The zero-order valence-corrected chi connectivity index (χ0v) is 53.3. The minimum absolute atomic E-state index is 0.00344. The van der Waals surface area contributed by atoms with E-state index in [9.17, 15) is 33.9 Å². The second-order valence-corrected chi connectivity index (χ2v) is 24.7. The Morgan fingerprint density at radius 1 is 0.570 bits per heavy atom. The van der Waals surface area contributed by atoms with Gasteiger partial charge < -0.3 is 71.0 Å². The first-order chi connectivity index (χ1) is 44.4. The lowest BCUT2D eigenvalue weighted by atomic mass is 9.86. The van der Waals surface area contributed by atoms with E-state index >= 15 is 19.2 Å². The molecule has 4 aromatic rings. The lowest BCUT2D eigenvalue weighted by molar-refractivity contribution is -0.144. The lowest BCUT2D eigenvalue weighted by Gasteiger charge is -2.30. The number of hydrogen-bond acceptors (Lipinski definition) is 15. The number of guanidine groups is 2. The van der Waals surface area contributed by atoms with Crippen LogP contribution < -0.4 is 61.0 Å². The lowest BCUT2D eigenvalue weighted by Crippen LogP contribution is -2.56. The number of nitrogens with two attached hydrogens (primary N) is 6. The van der Waals surface area contributed by atoms with Gasteiger partial charge in [-0.1, -0.05) is 98.8 Å². The first-order valence-corrected chi connectivity index (χ1v) is 31.9. The molecular weight excluding hydrogens is 1190 g/mol. The number of carbonyl (C=O) groups is 10. The molecule has 0 spiro atoms. The van der Waals surface area contributed by atoms with E-state index in [2.05, 4.69) is 36.6 Å². The Balaban J connectivity index is 1.27. The third kappa shape index (κ3) is 24.4. The number of aromatic hydroxyl groups is 1. The van der Waals surface area contributed by atoms with Crippen molar-refractivity contribution in [3.05, 3.63) is 114 Å². The fourth-order valence-corrected chi connectivity index (χ4v) is 11.9. The van der Waals surface area contributed by atoms with Crippen LogP contribution in [0.25, 0.3) is 10.8 Å². The summed E-state index contributed by atoms with van der Waals surface area (Å²) in [6.07, 6.45) is -0.144. The number of hydrogen-bond donors (Lipinski definition) is 12. The number of likely N-dealkylation sites (tertiary alicyclic amines) is 1. The Morgan fingerprint density at radius 3 is 1.74 bits per heavy atom. The average Bonchev–Trinajstić information content (AvgIpc) is 1.86. The van der Waals surface area contributed by atoms with Crippen LogP contribution in [0.1, 0.15) is 101 Å². The SMILES string of the molecule is CC(C)C[C@H](CC(=O)[C@H](Cc1ccc2ccccc2c1)NC(=O)[C@@H](CC(=O)CN1CCNCC1)Cc1ccc(O)cc1)C(=O)N[C@@H](Cc1ccccc1)C(=O)C[C@@H](CCCN=C(N)N)C(=O)N1CCC[C@H]1C(=O)N[C@@H](CCCN=C(N)N)C(=O)N[C@@H](CC(N)=O)C(N)=O. The number of nitrogens with zero attached hydrogens (tertiary/aromatic N) is 4. The summed E-state index contributed by atoms with van der Waals surface area (Å²) in [5.41, 5.74) is 35.2. The van der Waals surface area contributed by atoms with E-state index in [1.807, 2.05) is 61.2 Å².